The SMILES string of the molecule is Cc1noc(C)c1CNC(=O)c1ccc(C(=O)O)cn1. The molecule has 104 valence electrons. The number of carbonyl (C=O) groups excluding carboxylic acids is 1. The first kappa shape index (κ1) is 13.7. The number of aryl methyl sites for hydroxylation is 2. The van der Waals surface area contributed by atoms with Crippen LogP contribution in [-0.2, 0) is 6.54 Å². The molecule has 0 aliphatic heterocycles. The van der Waals surface area contributed by atoms with E-state index in [1.165, 1.54) is 12.1 Å². The molecule has 2 aromatic heterocycles. The summed E-state index contributed by atoms with van der Waals surface area (Å²) in [5.41, 5.74) is 1.73. The molecule has 0 aromatic carbocycles. The number of hydrogen-bond donors (Lipinski definition) is 2. The highest BCUT2D eigenvalue weighted by molar-refractivity contribution is 5.93. The van der Waals surface area contributed by atoms with Crippen LogP contribution in [0.15, 0.2) is 22.9 Å². The summed E-state index contributed by atoms with van der Waals surface area (Å²) < 4.78 is 4.99. The van der Waals surface area contributed by atoms with Gasteiger partial charge in [0.15, 0.2) is 0 Å². The number of amides is 1. The third-order valence-electron chi connectivity index (χ3n) is 2.85. The van der Waals surface area contributed by atoms with Gasteiger partial charge in [0.25, 0.3) is 5.91 Å². The molecule has 2 heterocycles. The standard InChI is InChI=1S/C13H13N3O4/c1-7-10(8(2)20-16-7)6-15-12(17)11-4-3-9(5-14-11)13(18)19/h3-5H,6H2,1-2H3,(H,15,17)(H,18,19). The Bertz CT molecular complexity index is 627. The zero-order chi connectivity index (χ0) is 14.7. The van der Waals surface area contributed by atoms with Gasteiger partial charge in [-0.05, 0) is 26.0 Å². The summed E-state index contributed by atoms with van der Waals surface area (Å²) >= 11 is 0. The summed E-state index contributed by atoms with van der Waals surface area (Å²) in [6.45, 7) is 3.83. The molecule has 0 aliphatic rings. The number of aromatic nitrogens is 2. The number of rotatable bonds is 4. The largest absolute Gasteiger partial charge is 0.478 e. The zero-order valence-corrected chi connectivity index (χ0v) is 11.0. The fraction of sp³-hybridized carbons (Fsp3) is 0.231. The van der Waals surface area contributed by atoms with Gasteiger partial charge >= 0.3 is 5.97 Å². The van der Waals surface area contributed by atoms with Crippen molar-refractivity contribution in [2.24, 2.45) is 0 Å². The molecular weight excluding hydrogens is 262 g/mol. The molecule has 0 saturated carbocycles. The van der Waals surface area contributed by atoms with E-state index in [0.29, 0.717) is 5.76 Å². The van der Waals surface area contributed by atoms with Crippen LogP contribution in [-0.4, -0.2) is 27.1 Å². The Balaban J connectivity index is 2.03. The van der Waals surface area contributed by atoms with Gasteiger partial charge in [0.1, 0.15) is 11.5 Å². The minimum atomic E-state index is -1.08. The lowest BCUT2D eigenvalue weighted by Crippen LogP contribution is -2.24. The smallest absolute Gasteiger partial charge is 0.337 e. The Labute approximate surface area is 114 Å². The monoisotopic (exact) mass is 275 g/mol. The van der Waals surface area contributed by atoms with Gasteiger partial charge in [0.05, 0.1) is 11.3 Å². The highest BCUT2D eigenvalue weighted by Gasteiger charge is 2.13. The number of aromatic carboxylic acids is 1. The van der Waals surface area contributed by atoms with Crippen molar-refractivity contribution in [3.63, 3.8) is 0 Å². The van der Waals surface area contributed by atoms with Crippen LogP contribution in [0, 0.1) is 13.8 Å². The van der Waals surface area contributed by atoms with E-state index in [2.05, 4.69) is 15.5 Å². The minimum Gasteiger partial charge on any atom is -0.478 e. The summed E-state index contributed by atoms with van der Waals surface area (Å²) in [6, 6.07) is 2.70. The first-order valence-electron chi connectivity index (χ1n) is 5.88. The number of pyridine rings is 1. The number of carbonyl (C=O) groups is 2. The molecule has 2 N–H and O–H groups in total. The molecule has 0 spiro atoms. The lowest BCUT2D eigenvalue weighted by Gasteiger charge is -2.04. The highest BCUT2D eigenvalue weighted by atomic mass is 16.5. The van der Waals surface area contributed by atoms with Crippen LogP contribution < -0.4 is 5.32 Å². The molecule has 0 bridgehead atoms. The fourth-order valence-electron chi connectivity index (χ4n) is 1.67. The third kappa shape index (κ3) is 2.82. The van der Waals surface area contributed by atoms with E-state index in [4.69, 9.17) is 9.63 Å². The molecule has 7 nitrogen and oxygen atoms in total. The van der Waals surface area contributed by atoms with E-state index in [-0.39, 0.29) is 23.7 Å². The molecule has 0 fully saturated rings. The van der Waals surface area contributed by atoms with E-state index in [1.807, 2.05) is 0 Å². The van der Waals surface area contributed by atoms with Gasteiger partial charge in [0.2, 0.25) is 0 Å². The second-order valence-corrected chi connectivity index (χ2v) is 4.22. The average molecular weight is 275 g/mol. The predicted molar refractivity (Wildman–Crippen MR) is 68.3 cm³/mol. The van der Waals surface area contributed by atoms with Crippen LogP contribution in [0.2, 0.25) is 0 Å². The van der Waals surface area contributed by atoms with Gasteiger partial charge in [-0.1, -0.05) is 5.16 Å². The molecule has 0 radical (unpaired) electrons. The molecule has 0 saturated heterocycles. The Kier molecular flexibility index (Phi) is 3.79. The first-order chi connectivity index (χ1) is 9.49. The van der Waals surface area contributed by atoms with Crippen LogP contribution in [0.25, 0.3) is 0 Å². The van der Waals surface area contributed by atoms with Crippen molar-refractivity contribution < 1.29 is 19.2 Å². The lowest BCUT2D eigenvalue weighted by molar-refractivity contribution is 0.0695. The van der Waals surface area contributed by atoms with Gasteiger partial charge in [0, 0.05) is 18.3 Å². The van der Waals surface area contributed by atoms with Crippen LogP contribution in [0.5, 0.6) is 0 Å². The summed E-state index contributed by atoms with van der Waals surface area (Å²) in [5.74, 6) is -0.820. The zero-order valence-electron chi connectivity index (χ0n) is 11.0. The molecule has 0 atom stereocenters. The Morgan fingerprint density at radius 1 is 1.35 bits per heavy atom. The normalized spacial score (nSPS) is 10.3. The number of nitrogens with zero attached hydrogens (tertiary/aromatic N) is 2. The minimum absolute atomic E-state index is 0.0345. The van der Waals surface area contributed by atoms with Gasteiger partial charge in [-0.2, -0.15) is 0 Å². The van der Waals surface area contributed by atoms with E-state index < -0.39 is 5.97 Å². The Morgan fingerprint density at radius 3 is 2.60 bits per heavy atom. The van der Waals surface area contributed by atoms with Crippen LogP contribution >= 0.6 is 0 Å². The van der Waals surface area contributed by atoms with Crippen LogP contribution in [0.4, 0.5) is 0 Å². The van der Waals surface area contributed by atoms with Gasteiger partial charge in [-0.25, -0.2) is 4.79 Å². The maximum atomic E-state index is 11.9. The van der Waals surface area contributed by atoms with Crippen molar-refractivity contribution in [2.75, 3.05) is 0 Å². The van der Waals surface area contributed by atoms with Crippen LogP contribution in [0.3, 0.4) is 0 Å². The van der Waals surface area contributed by atoms with E-state index in [9.17, 15) is 9.59 Å². The third-order valence-corrected chi connectivity index (χ3v) is 2.85. The van der Waals surface area contributed by atoms with Crippen molar-refractivity contribution in [1.82, 2.24) is 15.5 Å². The van der Waals surface area contributed by atoms with Crippen molar-refractivity contribution in [1.29, 1.82) is 0 Å². The number of hydrogen-bond acceptors (Lipinski definition) is 5. The molecule has 7 heteroatoms. The molecule has 2 rings (SSSR count). The van der Waals surface area contributed by atoms with E-state index in [0.717, 1.165) is 17.5 Å². The molecule has 0 aliphatic carbocycles. The number of nitrogens with one attached hydrogen (secondary N) is 1. The maximum Gasteiger partial charge on any atom is 0.337 e. The van der Waals surface area contributed by atoms with Gasteiger partial charge < -0.3 is 14.9 Å². The van der Waals surface area contributed by atoms with Crippen molar-refractivity contribution in [2.45, 2.75) is 20.4 Å². The average Bonchev–Trinajstić information content (AvgIpc) is 2.75. The topological polar surface area (TPSA) is 105 Å². The molecular formula is C13H13N3O4. The molecule has 20 heavy (non-hydrogen) atoms. The van der Waals surface area contributed by atoms with Gasteiger partial charge in [-0.3, -0.25) is 9.78 Å². The summed E-state index contributed by atoms with van der Waals surface area (Å²) in [5, 5.41) is 15.2. The van der Waals surface area contributed by atoms with E-state index >= 15 is 0 Å². The second-order valence-electron chi connectivity index (χ2n) is 4.22. The Morgan fingerprint density at radius 2 is 2.10 bits per heavy atom. The van der Waals surface area contributed by atoms with Crippen molar-refractivity contribution in [3.05, 3.63) is 46.6 Å². The molecule has 1 amide bonds. The fourth-order valence-corrected chi connectivity index (χ4v) is 1.67. The molecule has 2 aromatic rings. The van der Waals surface area contributed by atoms with E-state index in [1.54, 1.807) is 13.8 Å². The first-order valence-corrected chi connectivity index (χ1v) is 5.88. The van der Waals surface area contributed by atoms with Crippen molar-refractivity contribution in [3.8, 4) is 0 Å². The predicted octanol–water partition coefficient (Wildman–Crippen LogP) is 1.31. The summed E-state index contributed by atoms with van der Waals surface area (Å²) in [4.78, 5) is 26.4. The van der Waals surface area contributed by atoms with Gasteiger partial charge in [-0.15, -0.1) is 0 Å². The Hall–Kier alpha value is -2.70. The summed E-state index contributed by atoms with van der Waals surface area (Å²) in [6.07, 6.45) is 1.15. The highest BCUT2D eigenvalue weighted by Crippen LogP contribution is 2.11. The maximum absolute atomic E-state index is 11.9. The quantitative estimate of drug-likeness (QED) is 0.871. The lowest BCUT2D eigenvalue weighted by atomic mass is 10.2. The second kappa shape index (κ2) is 5.52. The van der Waals surface area contributed by atoms with Crippen LogP contribution in [0.1, 0.15) is 37.9 Å². The summed E-state index contributed by atoms with van der Waals surface area (Å²) in [7, 11) is 0. The molecule has 0 unspecified atom stereocenters. The van der Waals surface area contributed by atoms with Crippen molar-refractivity contribution >= 4 is 11.9 Å². The number of carboxylic acid groups (broad SMARTS) is 1. The number of carboxylic acids is 1.